The Balaban J connectivity index is 1.88. The normalized spacial score (nSPS) is 14.8. The van der Waals surface area contributed by atoms with E-state index in [1.54, 1.807) is 24.4 Å². The number of benzene rings is 2. The second-order valence-corrected chi connectivity index (χ2v) is 6.43. The van der Waals surface area contributed by atoms with Crippen molar-refractivity contribution in [3.05, 3.63) is 82.5 Å². The highest BCUT2D eigenvalue weighted by molar-refractivity contribution is 5.69. The molecule has 0 fully saturated rings. The van der Waals surface area contributed by atoms with Crippen molar-refractivity contribution in [3.63, 3.8) is 0 Å². The van der Waals surface area contributed by atoms with Gasteiger partial charge in [-0.3, -0.25) is 4.79 Å². The Morgan fingerprint density at radius 2 is 1.85 bits per heavy atom. The molecule has 0 amide bonds. The lowest BCUT2D eigenvalue weighted by Gasteiger charge is -2.26. The van der Waals surface area contributed by atoms with Crippen molar-refractivity contribution < 1.29 is 4.39 Å². The van der Waals surface area contributed by atoms with Crippen LogP contribution in [0.4, 0.5) is 15.8 Å². The second-order valence-electron chi connectivity index (χ2n) is 6.43. The summed E-state index contributed by atoms with van der Waals surface area (Å²) < 4.78 is 15.8. The smallest absolute Gasteiger partial charge is 0.271 e. The topological polar surface area (TPSA) is 41.4 Å². The molecule has 6 heteroatoms. The number of nitrogens with zero attached hydrogens (tertiary/aromatic N) is 4. The van der Waals surface area contributed by atoms with Gasteiger partial charge in [-0.1, -0.05) is 18.2 Å². The number of rotatable bonds is 2. The molecule has 4 rings (SSSR count). The number of aromatic nitrogens is 2. The molecule has 0 bridgehead atoms. The van der Waals surface area contributed by atoms with Gasteiger partial charge >= 0.3 is 0 Å². The lowest BCUT2D eigenvalue weighted by atomic mass is 10.1. The number of hydrogen-bond donors (Lipinski definition) is 0. The predicted molar refractivity (Wildman–Crippen MR) is 99.6 cm³/mol. The minimum absolute atomic E-state index is 0.198. The molecule has 132 valence electrons. The molecule has 0 aliphatic carbocycles. The van der Waals surface area contributed by atoms with Crippen molar-refractivity contribution >= 4 is 11.4 Å². The summed E-state index contributed by atoms with van der Waals surface area (Å²) in [4.78, 5) is 16.3. The maximum absolute atomic E-state index is 14.5. The van der Waals surface area contributed by atoms with Gasteiger partial charge in [0.2, 0.25) is 0 Å². The van der Waals surface area contributed by atoms with Crippen LogP contribution < -0.4 is 10.5 Å². The Kier molecular flexibility index (Phi) is 4.26. The molecular weight excluding hydrogens is 331 g/mol. The van der Waals surface area contributed by atoms with E-state index in [4.69, 9.17) is 0 Å². The summed E-state index contributed by atoms with van der Waals surface area (Å²) in [7, 11) is 2.05. The molecule has 5 nitrogen and oxygen atoms in total. The first-order valence-electron chi connectivity index (χ1n) is 8.52. The van der Waals surface area contributed by atoms with E-state index in [1.807, 2.05) is 36.2 Å². The second kappa shape index (κ2) is 6.72. The summed E-state index contributed by atoms with van der Waals surface area (Å²) >= 11 is 0. The summed E-state index contributed by atoms with van der Waals surface area (Å²) in [6.07, 6.45) is 1.58. The molecule has 1 aliphatic rings. The van der Waals surface area contributed by atoms with Gasteiger partial charge in [0.1, 0.15) is 5.82 Å². The highest BCUT2D eigenvalue weighted by Crippen LogP contribution is 2.34. The average Bonchev–Trinajstić information content (AvgIpc) is 2.80. The highest BCUT2D eigenvalue weighted by Gasteiger charge is 2.22. The van der Waals surface area contributed by atoms with Crippen molar-refractivity contribution in [2.45, 2.75) is 6.54 Å². The molecule has 1 aromatic heterocycles. The van der Waals surface area contributed by atoms with E-state index in [1.165, 1.54) is 16.8 Å². The van der Waals surface area contributed by atoms with Crippen LogP contribution in [0.25, 0.3) is 5.69 Å². The molecule has 0 saturated heterocycles. The van der Waals surface area contributed by atoms with Crippen LogP contribution >= 0.6 is 0 Å². The molecule has 0 atom stereocenters. The van der Waals surface area contributed by atoms with E-state index in [0.29, 0.717) is 17.9 Å². The van der Waals surface area contributed by atoms with Crippen molar-refractivity contribution in [2.24, 2.45) is 0 Å². The summed E-state index contributed by atoms with van der Waals surface area (Å²) in [5, 5.41) is 4.15. The molecule has 2 heterocycles. The van der Waals surface area contributed by atoms with Gasteiger partial charge < -0.3 is 9.80 Å². The number of para-hydroxylation sites is 1. The molecule has 0 saturated carbocycles. The van der Waals surface area contributed by atoms with Crippen molar-refractivity contribution in [1.29, 1.82) is 0 Å². The standard InChI is InChI=1S/C20H19FN4O/c1-23-11-12-24(18-6-3-2-5-17(18)21)19-13-16(9-8-15(19)14-23)25-20(26)7-4-10-22-25/h2-10,13H,11-12,14H2,1H3. The molecule has 0 unspecified atom stereocenters. The number of anilines is 2. The fourth-order valence-corrected chi connectivity index (χ4v) is 3.30. The lowest BCUT2D eigenvalue weighted by molar-refractivity contribution is 0.343. The summed E-state index contributed by atoms with van der Waals surface area (Å²) in [6.45, 7) is 2.23. The number of hydrogen-bond acceptors (Lipinski definition) is 4. The lowest BCUT2D eigenvalue weighted by Crippen LogP contribution is -2.26. The fraction of sp³-hybridized carbons (Fsp3) is 0.200. The summed E-state index contributed by atoms with van der Waals surface area (Å²) in [5.41, 5.74) is 2.99. The zero-order valence-corrected chi connectivity index (χ0v) is 14.5. The van der Waals surface area contributed by atoms with Crippen LogP contribution in [-0.4, -0.2) is 34.8 Å². The van der Waals surface area contributed by atoms with E-state index >= 15 is 0 Å². The molecule has 0 N–H and O–H groups in total. The van der Waals surface area contributed by atoms with Crippen LogP contribution in [0.5, 0.6) is 0 Å². The Bertz CT molecular complexity index is 1000. The minimum Gasteiger partial charge on any atom is -0.337 e. The monoisotopic (exact) mass is 350 g/mol. The molecule has 0 radical (unpaired) electrons. The van der Waals surface area contributed by atoms with Gasteiger partial charge in [-0.05, 0) is 42.9 Å². The SMILES string of the molecule is CN1CCN(c2ccccc2F)c2cc(-n3ncccc3=O)ccc2C1. The third-order valence-corrected chi connectivity index (χ3v) is 4.61. The van der Waals surface area contributed by atoms with Crippen LogP contribution in [0.1, 0.15) is 5.56 Å². The Hall–Kier alpha value is -2.99. The Morgan fingerprint density at radius 3 is 2.65 bits per heavy atom. The van der Waals surface area contributed by atoms with Gasteiger partial charge in [0.15, 0.2) is 0 Å². The van der Waals surface area contributed by atoms with Gasteiger partial charge in [-0.15, -0.1) is 0 Å². The Morgan fingerprint density at radius 1 is 1.00 bits per heavy atom. The van der Waals surface area contributed by atoms with Crippen LogP contribution in [0, 0.1) is 5.82 Å². The molecule has 2 aromatic carbocycles. The largest absolute Gasteiger partial charge is 0.337 e. The van der Waals surface area contributed by atoms with Crippen LogP contribution in [0.2, 0.25) is 0 Å². The van der Waals surface area contributed by atoms with Crippen molar-refractivity contribution in [1.82, 2.24) is 14.7 Å². The van der Waals surface area contributed by atoms with Crippen LogP contribution in [-0.2, 0) is 6.54 Å². The summed E-state index contributed by atoms with van der Waals surface area (Å²) in [5.74, 6) is -0.261. The van der Waals surface area contributed by atoms with Crippen LogP contribution in [0.3, 0.4) is 0 Å². The maximum atomic E-state index is 14.5. The van der Waals surface area contributed by atoms with Gasteiger partial charge in [-0.2, -0.15) is 9.78 Å². The first kappa shape index (κ1) is 16.5. The first-order valence-corrected chi connectivity index (χ1v) is 8.52. The highest BCUT2D eigenvalue weighted by atomic mass is 19.1. The maximum Gasteiger partial charge on any atom is 0.271 e. The van der Waals surface area contributed by atoms with E-state index < -0.39 is 0 Å². The minimum atomic E-state index is -0.261. The van der Waals surface area contributed by atoms with Gasteiger partial charge in [0, 0.05) is 37.6 Å². The number of fused-ring (bicyclic) bond motifs is 1. The van der Waals surface area contributed by atoms with Crippen LogP contribution in [0.15, 0.2) is 65.6 Å². The molecule has 0 spiro atoms. The Labute approximate surface area is 150 Å². The van der Waals surface area contributed by atoms with E-state index in [0.717, 1.165) is 24.3 Å². The summed E-state index contributed by atoms with van der Waals surface area (Å²) in [6, 6.07) is 15.6. The molecular formula is C20H19FN4O. The third kappa shape index (κ3) is 2.99. The molecule has 3 aromatic rings. The van der Waals surface area contributed by atoms with Gasteiger partial charge in [0.05, 0.1) is 11.4 Å². The fourth-order valence-electron chi connectivity index (χ4n) is 3.30. The van der Waals surface area contributed by atoms with Crippen molar-refractivity contribution in [3.8, 4) is 5.69 Å². The zero-order chi connectivity index (χ0) is 18.1. The van der Waals surface area contributed by atoms with E-state index in [9.17, 15) is 9.18 Å². The quantitative estimate of drug-likeness (QED) is 0.713. The van der Waals surface area contributed by atoms with Crippen molar-refractivity contribution in [2.75, 3.05) is 25.0 Å². The van der Waals surface area contributed by atoms with Gasteiger partial charge in [0.25, 0.3) is 5.56 Å². The molecule has 1 aliphatic heterocycles. The van der Waals surface area contributed by atoms with E-state index in [2.05, 4.69) is 10.00 Å². The third-order valence-electron chi connectivity index (χ3n) is 4.61. The van der Waals surface area contributed by atoms with E-state index in [-0.39, 0.29) is 11.4 Å². The first-order chi connectivity index (χ1) is 12.6. The average molecular weight is 350 g/mol. The van der Waals surface area contributed by atoms with Gasteiger partial charge in [-0.25, -0.2) is 4.39 Å². The zero-order valence-electron chi connectivity index (χ0n) is 14.5. The number of likely N-dealkylation sites (N-methyl/N-ethyl adjacent to an activating group) is 1. The predicted octanol–water partition coefficient (Wildman–Crippen LogP) is 2.96. The number of halogens is 1. The molecule has 26 heavy (non-hydrogen) atoms.